The van der Waals surface area contributed by atoms with Crippen LogP contribution in [0.3, 0.4) is 0 Å². The average molecular weight is 301 g/mol. The highest BCUT2D eigenvalue weighted by atomic mass is 19.1. The zero-order valence-electron chi connectivity index (χ0n) is 12.3. The molecule has 1 amide bonds. The summed E-state index contributed by atoms with van der Waals surface area (Å²) < 4.78 is 19.1. The number of aromatic nitrogens is 1. The molecule has 0 saturated heterocycles. The van der Waals surface area contributed by atoms with Crippen molar-refractivity contribution in [2.24, 2.45) is 0 Å². The summed E-state index contributed by atoms with van der Waals surface area (Å²) in [5.74, 6) is 0.275. The van der Waals surface area contributed by atoms with E-state index < -0.39 is 0 Å². The van der Waals surface area contributed by atoms with Gasteiger partial charge in [0.2, 0.25) is 5.91 Å². The number of oxazole rings is 1. The molecule has 0 bridgehead atoms. The second-order valence-electron chi connectivity index (χ2n) is 4.82. The van der Waals surface area contributed by atoms with Gasteiger partial charge in [0.1, 0.15) is 5.82 Å². The minimum atomic E-state index is -0.377. The molecule has 1 aromatic carbocycles. The fraction of sp³-hybridized carbons (Fsp3) is 0.312. The van der Waals surface area contributed by atoms with Gasteiger partial charge in [0, 0.05) is 26.4 Å². The number of hydrogen-bond donors (Lipinski definition) is 0. The van der Waals surface area contributed by atoms with Gasteiger partial charge in [0.25, 0.3) is 0 Å². The minimum Gasteiger partial charge on any atom is -0.441 e. The molecule has 0 aliphatic carbocycles. The smallest absolute Gasteiger partial charge is 0.222 e. The minimum absolute atomic E-state index is 0.0825. The van der Waals surface area contributed by atoms with Crippen LogP contribution in [0, 0.1) is 17.1 Å². The van der Waals surface area contributed by atoms with Crippen molar-refractivity contribution in [2.75, 3.05) is 13.6 Å². The van der Waals surface area contributed by atoms with Crippen LogP contribution in [-0.4, -0.2) is 29.4 Å². The third-order valence-corrected chi connectivity index (χ3v) is 3.23. The highest BCUT2D eigenvalue weighted by Gasteiger charge is 2.13. The maximum absolute atomic E-state index is 13.6. The van der Waals surface area contributed by atoms with Gasteiger partial charge in [-0.25, -0.2) is 9.37 Å². The summed E-state index contributed by atoms with van der Waals surface area (Å²) in [6.07, 6.45) is 2.33. The third-order valence-electron chi connectivity index (χ3n) is 3.23. The van der Waals surface area contributed by atoms with Crippen molar-refractivity contribution >= 4 is 5.91 Å². The lowest BCUT2D eigenvalue weighted by atomic mass is 10.2. The van der Waals surface area contributed by atoms with E-state index >= 15 is 0 Å². The molecule has 0 fully saturated rings. The number of aryl methyl sites for hydroxylation is 1. The Morgan fingerprint density at radius 3 is 2.95 bits per heavy atom. The van der Waals surface area contributed by atoms with Crippen molar-refractivity contribution in [3.63, 3.8) is 0 Å². The van der Waals surface area contributed by atoms with Crippen molar-refractivity contribution < 1.29 is 13.6 Å². The van der Waals surface area contributed by atoms with E-state index in [1.165, 1.54) is 17.2 Å². The van der Waals surface area contributed by atoms with Crippen LogP contribution in [0.2, 0.25) is 0 Å². The number of halogens is 1. The number of carbonyl (C=O) groups excluding carboxylic acids is 1. The number of amides is 1. The maximum Gasteiger partial charge on any atom is 0.222 e. The number of carbonyl (C=O) groups is 1. The lowest BCUT2D eigenvalue weighted by Gasteiger charge is -2.14. The highest BCUT2D eigenvalue weighted by Crippen LogP contribution is 2.23. The molecule has 2 aromatic rings. The summed E-state index contributed by atoms with van der Waals surface area (Å²) in [7, 11) is 1.65. The van der Waals surface area contributed by atoms with Gasteiger partial charge in [-0.05, 0) is 12.1 Å². The molecule has 6 heteroatoms. The molecule has 2 rings (SSSR count). The molecule has 0 unspecified atom stereocenters. The van der Waals surface area contributed by atoms with E-state index in [4.69, 9.17) is 9.68 Å². The predicted octanol–water partition coefficient (Wildman–Crippen LogP) is 2.79. The molecule has 5 nitrogen and oxygen atoms in total. The highest BCUT2D eigenvalue weighted by molar-refractivity contribution is 5.76. The van der Waals surface area contributed by atoms with E-state index in [-0.39, 0.29) is 18.1 Å². The largest absolute Gasteiger partial charge is 0.441 e. The molecule has 0 spiro atoms. The molecule has 0 atom stereocenters. The first-order chi connectivity index (χ1) is 10.6. The van der Waals surface area contributed by atoms with Crippen LogP contribution in [0.1, 0.15) is 18.7 Å². The van der Waals surface area contributed by atoms with Gasteiger partial charge in [-0.3, -0.25) is 4.79 Å². The maximum atomic E-state index is 13.6. The first-order valence-electron chi connectivity index (χ1n) is 6.92. The molecule has 0 saturated carbocycles. The Labute approximate surface area is 128 Å². The molecule has 0 N–H and O–H groups in total. The van der Waals surface area contributed by atoms with Crippen LogP contribution < -0.4 is 0 Å². The van der Waals surface area contributed by atoms with Gasteiger partial charge < -0.3 is 9.32 Å². The first-order valence-corrected chi connectivity index (χ1v) is 6.92. The standard InChI is InChI=1S/C16H16FN3O2/c1-20(10-4-9-18)16(21)8-7-15-19-11-14(22-15)12-5-2-3-6-13(12)17/h2-3,5-6,11H,4,7-8,10H2,1H3. The van der Waals surface area contributed by atoms with Crippen LogP contribution >= 0.6 is 0 Å². The number of rotatable bonds is 6. The predicted molar refractivity (Wildman–Crippen MR) is 78.1 cm³/mol. The van der Waals surface area contributed by atoms with E-state index in [9.17, 15) is 9.18 Å². The van der Waals surface area contributed by atoms with E-state index in [0.29, 0.717) is 36.6 Å². The first kappa shape index (κ1) is 15.7. The topological polar surface area (TPSA) is 70.1 Å². The van der Waals surface area contributed by atoms with Crippen LogP contribution in [0.5, 0.6) is 0 Å². The van der Waals surface area contributed by atoms with Crippen molar-refractivity contribution in [2.45, 2.75) is 19.3 Å². The molecule has 22 heavy (non-hydrogen) atoms. The molecule has 1 heterocycles. The zero-order chi connectivity index (χ0) is 15.9. The molecule has 1 aromatic heterocycles. The lowest BCUT2D eigenvalue weighted by molar-refractivity contribution is -0.129. The fourth-order valence-corrected chi connectivity index (χ4v) is 1.96. The quantitative estimate of drug-likeness (QED) is 0.822. The Kier molecular flexibility index (Phi) is 5.26. The summed E-state index contributed by atoms with van der Waals surface area (Å²) in [6, 6.07) is 8.28. The summed E-state index contributed by atoms with van der Waals surface area (Å²) >= 11 is 0. The molecule has 0 aliphatic rings. The van der Waals surface area contributed by atoms with Gasteiger partial charge in [-0.15, -0.1) is 0 Å². The fourth-order valence-electron chi connectivity index (χ4n) is 1.96. The van der Waals surface area contributed by atoms with Crippen LogP contribution in [-0.2, 0) is 11.2 Å². The van der Waals surface area contributed by atoms with Crippen LogP contribution in [0.4, 0.5) is 4.39 Å². The van der Waals surface area contributed by atoms with Crippen molar-refractivity contribution in [3.8, 4) is 17.4 Å². The van der Waals surface area contributed by atoms with E-state index in [1.807, 2.05) is 6.07 Å². The van der Waals surface area contributed by atoms with Crippen molar-refractivity contribution in [3.05, 3.63) is 42.2 Å². The summed E-state index contributed by atoms with van der Waals surface area (Å²) in [5, 5.41) is 8.49. The number of nitrogens with zero attached hydrogens (tertiary/aromatic N) is 3. The summed E-state index contributed by atoms with van der Waals surface area (Å²) in [5.41, 5.74) is 0.346. The molecular weight excluding hydrogens is 285 g/mol. The average Bonchev–Trinajstić information content (AvgIpc) is 2.99. The van der Waals surface area contributed by atoms with Gasteiger partial charge in [-0.2, -0.15) is 5.26 Å². The Morgan fingerprint density at radius 2 is 2.23 bits per heavy atom. The molecule has 114 valence electrons. The Bertz CT molecular complexity index is 691. The summed E-state index contributed by atoms with van der Waals surface area (Å²) in [6.45, 7) is 0.404. The molecule has 0 aliphatic heterocycles. The number of benzene rings is 1. The van der Waals surface area contributed by atoms with Crippen LogP contribution in [0.15, 0.2) is 34.9 Å². The van der Waals surface area contributed by atoms with Crippen molar-refractivity contribution in [1.29, 1.82) is 5.26 Å². The van der Waals surface area contributed by atoms with Crippen molar-refractivity contribution in [1.82, 2.24) is 9.88 Å². The second-order valence-corrected chi connectivity index (χ2v) is 4.82. The Hall–Kier alpha value is -2.68. The van der Waals surface area contributed by atoms with Gasteiger partial charge in [0.15, 0.2) is 11.7 Å². The molecular formula is C16H16FN3O2. The molecule has 0 radical (unpaired) electrons. The Morgan fingerprint density at radius 1 is 1.45 bits per heavy atom. The second kappa shape index (κ2) is 7.36. The van der Waals surface area contributed by atoms with E-state index in [1.54, 1.807) is 25.2 Å². The normalized spacial score (nSPS) is 10.2. The van der Waals surface area contributed by atoms with Gasteiger partial charge in [-0.1, -0.05) is 12.1 Å². The lowest BCUT2D eigenvalue weighted by Crippen LogP contribution is -2.27. The SMILES string of the molecule is CN(CCC#N)C(=O)CCc1ncc(-c2ccccc2F)o1. The van der Waals surface area contributed by atoms with Gasteiger partial charge >= 0.3 is 0 Å². The zero-order valence-corrected chi connectivity index (χ0v) is 12.3. The van der Waals surface area contributed by atoms with E-state index in [0.717, 1.165) is 0 Å². The number of hydrogen-bond acceptors (Lipinski definition) is 4. The van der Waals surface area contributed by atoms with Gasteiger partial charge in [0.05, 0.1) is 24.3 Å². The summed E-state index contributed by atoms with van der Waals surface area (Å²) in [4.78, 5) is 17.4. The number of nitriles is 1. The Balaban J connectivity index is 1.94. The monoisotopic (exact) mass is 301 g/mol. The van der Waals surface area contributed by atoms with Crippen LogP contribution in [0.25, 0.3) is 11.3 Å². The van der Waals surface area contributed by atoms with E-state index in [2.05, 4.69) is 4.98 Å². The third kappa shape index (κ3) is 3.92.